The molecule has 2 aliphatic rings. The normalized spacial score (nSPS) is 20.5. The van der Waals surface area contributed by atoms with E-state index in [1.165, 1.54) is 12.3 Å². The molecular formula is C27H29F2N5O3. The van der Waals surface area contributed by atoms with E-state index in [0.29, 0.717) is 37.0 Å². The molecule has 0 saturated carbocycles. The molecule has 0 aliphatic carbocycles. The number of pyridine rings is 1. The third kappa shape index (κ3) is 4.39. The Morgan fingerprint density at radius 2 is 1.92 bits per heavy atom. The van der Waals surface area contributed by atoms with Gasteiger partial charge in [-0.2, -0.15) is 8.78 Å². The quantitative estimate of drug-likeness (QED) is 0.531. The van der Waals surface area contributed by atoms with Gasteiger partial charge in [0.25, 0.3) is 17.7 Å². The van der Waals surface area contributed by atoms with Crippen molar-refractivity contribution < 1.29 is 23.0 Å². The number of benzene rings is 1. The molecule has 1 amide bonds. The van der Waals surface area contributed by atoms with E-state index in [2.05, 4.69) is 32.3 Å². The molecule has 1 saturated heterocycles. The van der Waals surface area contributed by atoms with Crippen LogP contribution in [0.25, 0.3) is 11.3 Å². The number of carbonyl (C=O) groups excluding carboxylic acids is 1. The molecule has 3 aromatic rings. The molecule has 0 bridgehead atoms. The van der Waals surface area contributed by atoms with Gasteiger partial charge in [-0.15, -0.1) is 10.2 Å². The van der Waals surface area contributed by atoms with Gasteiger partial charge in [-0.25, -0.2) is 0 Å². The maximum atomic E-state index is 13.7. The van der Waals surface area contributed by atoms with Crippen molar-refractivity contribution in [2.45, 2.75) is 51.7 Å². The monoisotopic (exact) mass is 509 g/mol. The number of morpholine rings is 1. The summed E-state index contributed by atoms with van der Waals surface area (Å²) in [5, 5.41) is 11.6. The average molecular weight is 510 g/mol. The Bertz CT molecular complexity index is 1370. The smallest absolute Gasteiger partial charge is 0.286 e. The first-order valence-electron chi connectivity index (χ1n) is 12.1. The van der Waals surface area contributed by atoms with Gasteiger partial charge in [-0.3, -0.25) is 9.78 Å². The summed E-state index contributed by atoms with van der Waals surface area (Å²) >= 11 is 0. The van der Waals surface area contributed by atoms with E-state index in [1.807, 2.05) is 32.9 Å². The second-order valence-corrected chi connectivity index (χ2v) is 10.3. The molecule has 1 N–H and O–H groups in total. The van der Waals surface area contributed by atoms with E-state index in [9.17, 15) is 13.6 Å². The average Bonchev–Trinajstić information content (AvgIpc) is 2.85. The van der Waals surface area contributed by atoms with Crippen LogP contribution >= 0.6 is 0 Å². The minimum absolute atomic E-state index is 0.0913. The number of ether oxygens (including phenoxy) is 2. The fourth-order valence-corrected chi connectivity index (χ4v) is 4.75. The lowest BCUT2D eigenvalue weighted by Gasteiger charge is -2.56. The zero-order chi connectivity index (χ0) is 26.6. The number of rotatable bonds is 4. The SMILES string of the molecule is Cc1ccc(NC(=O)c2ccnc(C(C)(F)F)c2)cc1-c1cc2c(nn1)OC(C)(C)C1(C)COCCN21. The van der Waals surface area contributed by atoms with Gasteiger partial charge in [0.05, 0.1) is 24.4 Å². The summed E-state index contributed by atoms with van der Waals surface area (Å²) in [4.78, 5) is 18.8. The van der Waals surface area contributed by atoms with Crippen LogP contribution in [0.4, 0.5) is 20.2 Å². The molecule has 5 rings (SSSR count). The first-order valence-corrected chi connectivity index (χ1v) is 12.1. The first kappa shape index (κ1) is 25.0. The number of nitrogens with one attached hydrogen (secondary N) is 1. The zero-order valence-electron chi connectivity index (χ0n) is 21.4. The Hall–Kier alpha value is -3.66. The molecule has 4 heterocycles. The van der Waals surface area contributed by atoms with Crippen molar-refractivity contribution in [2.24, 2.45) is 0 Å². The first-order chi connectivity index (χ1) is 17.4. The van der Waals surface area contributed by atoms with Gasteiger partial charge < -0.3 is 19.7 Å². The lowest BCUT2D eigenvalue weighted by atomic mass is 9.80. The molecule has 1 unspecified atom stereocenters. The number of carbonyl (C=O) groups is 1. The van der Waals surface area contributed by atoms with Gasteiger partial charge in [0, 0.05) is 36.5 Å². The fourth-order valence-electron chi connectivity index (χ4n) is 4.75. The van der Waals surface area contributed by atoms with E-state index >= 15 is 0 Å². The van der Waals surface area contributed by atoms with Gasteiger partial charge in [-0.05, 0) is 63.6 Å². The van der Waals surface area contributed by atoms with Gasteiger partial charge in [0.2, 0.25) is 0 Å². The second kappa shape index (κ2) is 8.72. The van der Waals surface area contributed by atoms with Crippen molar-refractivity contribution in [1.29, 1.82) is 0 Å². The number of hydrogen-bond donors (Lipinski definition) is 1. The molecule has 10 heteroatoms. The number of anilines is 2. The fraction of sp³-hybridized carbons (Fsp3) is 0.407. The summed E-state index contributed by atoms with van der Waals surface area (Å²) in [7, 11) is 0. The Morgan fingerprint density at radius 3 is 2.68 bits per heavy atom. The maximum absolute atomic E-state index is 13.7. The van der Waals surface area contributed by atoms with Crippen LogP contribution in [-0.2, 0) is 10.7 Å². The van der Waals surface area contributed by atoms with Crippen LogP contribution in [0.5, 0.6) is 5.88 Å². The predicted octanol–water partition coefficient (Wildman–Crippen LogP) is 4.98. The number of halogens is 2. The standard InChI is InChI=1S/C27H29F2N5O3/c1-16-6-7-18(31-23(35)17-8-9-30-22(12-17)27(5,28)29)13-19(16)20-14-21-24(33-32-20)37-25(2,3)26(4)15-36-11-10-34(21)26/h6-9,12-14H,10-11,15H2,1-5H3,(H,31,35). The Kier molecular flexibility index (Phi) is 5.90. The molecule has 2 aliphatic heterocycles. The van der Waals surface area contributed by atoms with E-state index < -0.39 is 23.1 Å². The van der Waals surface area contributed by atoms with Gasteiger partial charge in [-0.1, -0.05) is 6.07 Å². The molecule has 0 radical (unpaired) electrons. The number of hydrogen-bond acceptors (Lipinski definition) is 7. The number of fused-ring (bicyclic) bond motifs is 3. The van der Waals surface area contributed by atoms with Crippen LogP contribution in [0, 0.1) is 6.92 Å². The predicted molar refractivity (Wildman–Crippen MR) is 135 cm³/mol. The maximum Gasteiger partial charge on any atom is 0.286 e. The van der Waals surface area contributed by atoms with Crippen molar-refractivity contribution in [1.82, 2.24) is 15.2 Å². The highest BCUT2D eigenvalue weighted by atomic mass is 19.3. The third-order valence-corrected chi connectivity index (χ3v) is 7.36. The second-order valence-electron chi connectivity index (χ2n) is 10.3. The molecule has 37 heavy (non-hydrogen) atoms. The lowest BCUT2D eigenvalue weighted by Crippen LogP contribution is -2.70. The highest BCUT2D eigenvalue weighted by molar-refractivity contribution is 6.04. The highest BCUT2D eigenvalue weighted by Gasteiger charge is 2.54. The van der Waals surface area contributed by atoms with Gasteiger partial charge in [0.15, 0.2) is 0 Å². The summed E-state index contributed by atoms with van der Waals surface area (Å²) < 4.78 is 39.4. The number of alkyl halides is 2. The van der Waals surface area contributed by atoms with Crippen LogP contribution in [0.2, 0.25) is 0 Å². The summed E-state index contributed by atoms with van der Waals surface area (Å²) in [6, 6.07) is 9.86. The lowest BCUT2D eigenvalue weighted by molar-refractivity contribution is -0.0597. The van der Waals surface area contributed by atoms with Gasteiger partial charge in [0.1, 0.15) is 17.0 Å². The number of nitrogens with zero attached hydrogens (tertiary/aromatic N) is 4. The Labute approximate surface area is 214 Å². The largest absolute Gasteiger partial charge is 0.467 e. The molecule has 0 spiro atoms. The molecule has 1 aromatic carbocycles. The van der Waals surface area contributed by atoms with Crippen LogP contribution < -0.4 is 15.0 Å². The van der Waals surface area contributed by atoms with Crippen LogP contribution in [-0.4, -0.2) is 52.0 Å². The Balaban J connectivity index is 1.46. The Morgan fingerprint density at radius 1 is 1.14 bits per heavy atom. The van der Waals surface area contributed by atoms with Crippen LogP contribution in [0.15, 0.2) is 42.6 Å². The molecular weight excluding hydrogens is 480 g/mol. The molecule has 2 aromatic heterocycles. The summed E-state index contributed by atoms with van der Waals surface area (Å²) in [5.41, 5.74) is 2.39. The van der Waals surface area contributed by atoms with Crippen LogP contribution in [0.3, 0.4) is 0 Å². The molecule has 194 valence electrons. The summed E-state index contributed by atoms with van der Waals surface area (Å²) in [5.74, 6) is -3.19. The van der Waals surface area contributed by atoms with Crippen molar-refractivity contribution >= 4 is 17.3 Å². The van der Waals surface area contributed by atoms with Crippen LogP contribution in [0.1, 0.15) is 49.3 Å². The van der Waals surface area contributed by atoms with Crippen molar-refractivity contribution in [3.8, 4) is 17.1 Å². The number of aryl methyl sites for hydroxylation is 1. The van der Waals surface area contributed by atoms with Crippen molar-refractivity contribution in [3.63, 3.8) is 0 Å². The zero-order valence-corrected chi connectivity index (χ0v) is 21.4. The van der Waals surface area contributed by atoms with E-state index in [0.717, 1.165) is 29.8 Å². The topological polar surface area (TPSA) is 89.5 Å². The number of amides is 1. The minimum atomic E-state index is -3.14. The van der Waals surface area contributed by atoms with E-state index in [-0.39, 0.29) is 11.1 Å². The third-order valence-electron chi connectivity index (χ3n) is 7.36. The van der Waals surface area contributed by atoms with E-state index in [4.69, 9.17) is 9.47 Å². The summed E-state index contributed by atoms with van der Waals surface area (Å²) in [6.45, 7) is 10.7. The van der Waals surface area contributed by atoms with Crippen molar-refractivity contribution in [2.75, 3.05) is 30.0 Å². The number of aromatic nitrogens is 3. The van der Waals surface area contributed by atoms with E-state index in [1.54, 1.807) is 12.1 Å². The van der Waals surface area contributed by atoms with Crippen molar-refractivity contribution in [3.05, 3.63) is 59.4 Å². The highest BCUT2D eigenvalue weighted by Crippen LogP contribution is 2.47. The summed E-state index contributed by atoms with van der Waals surface area (Å²) in [6.07, 6.45) is 1.20. The minimum Gasteiger partial charge on any atom is -0.467 e. The molecule has 1 atom stereocenters. The molecule has 8 nitrogen and oxygen atoms in total. The molecule has 1 fully saturated rings. The van der Waals surface area contributed by atoms with Gasteiger partial charge >= 0.3 is 0 Å².